The van der Waals surface area contributed by atoms with Crippen molar-refractivity contribution in [3.63, 3.8) is 0 Å². The first-order valence-electron chi connectivity index (χ1n) is 11.0. The van der Waals surface area contributed by atoms with Crippen molar-refractivity contribution in [2.45, 2.75) is 19.8 Å². The highest BCUT2D eigenvalue weighted by Gasteiger charge is 2.32. The molecule has 3 aromatic rings. The van der Waals surface area contributed by atoms with Crippen LogP contribution in [-0.2, 0) is 16.0 Å². The van der Waals surface area contributed by atoms with Crippen LogP contribution in [0, 0.1) is 6.92 Å². The summed E-state index contributed by atoms with van der Waals surface area (Å²) in [6, 6.07) is 13.9. The number of thioether (sulfide) groups is 1. The Kier molecular flexibility index (Phi) is 7.77. The highest BCUT2D eigenvalue weighted by atomic mass is 32.2. The van der Waals surface area contributed by atoms with E-state index in [1.807, 2.05) is 31.2 Å². The Morgan fingerprint density at radius 2 is 1.97 bits per heavy atom. The summed E-state index contributed by atoms with van der Waals surface area (Å²) in [6.07, 6.45) is 5.01. The second kappa shape index (κ2) is 10.9. The van der Waals surface area contributed by atoms with Gasteiger partial charge in [-0.25, -0.2) is 4.98 Å². The Morgan fingerprint density at radius 3 is 2.74 bits per heavy atom. The van der Waals surface area contributed by atoms with Gasteiger partial charge in [0.1, 0.15) is 15.8 Å². The number of pyridine rings is 1. The predicted octanol–water partition coefficient (Wildman–Crippen LogP) is 3.90. The number of ether oxygens (including phenoxy) is 1. The molecule has 1 saturated heterocycles. The molecule has 0 unspecified atom stereocenters. The molecule has 176 valence electrons. The van der Waals surface area contributed by atoms with Crippen molar-refractivity contribution < 1.29 is 9.53 Å². The van der Waals surface area contributed by atoms with Gasteiger partial charge in [0.2, 0.25) is 0 Å². The average Bonchev–Trinajstić information content (AvgIpc) is 3.10. The maximum atomic E-state index is 13.4. The highest BCUT2D eigenvalue weighted by Crippen LogP contribution is 2.33. The third kappa shape index (κ3) is 5.38. The maximum absolute atomic E-state index is 13.4. The van der Waals surface area contributed by atoms with Crippen molar-refractivity contribution in [1.29, 1.82) is 0 Å². The molecule has 0 atom stereocenters. The molecule has 1 N–H and O–H groups in total. The summed E-state index contributed by atoms with van der Waals surface area (Å²) in [5.41, 5.74) is 2.76. The van der Waals surface area contributed by atoms with Gasteiger partial charge in [0, 0.05) is 26.4 Å². The molecule has 0 saturated carbocycles. The van der Waals surface area contributed by atoms with Crippen LogP contribution in [-0.4, -0.2) is 51.3 Å². The number of carbonyl (C=O) groups excluding carboxylic acids is 1. The summed E-state index contributed by atoms with van der Waals surface area (Å²) >= 11 is 6.70. The molecule has 9 heteroatoms. The number of carbonyl (C=O) groups is 1. The van der Waals surface area contributed by atoms with E-state index < -0.39 is 0 Å². The summed E-state index contributed by atoms with van der Waals surface area (Å²) in [5, 5.41) is 3.16. The number of hydrogen-bond acceptors (Lipinski definition) is 7. The zero-order valence-corrected chi connectivity index (χ0v) is 20.7. The van der Waals surface area contributed by atoms with E-state index in [0.29, 0.717) is 46.0 Å². The fourth-order valence-electron chi connectivity index (χ4n) is 3.70. The lowest BCUT2D eigenvalue weighted by molar-refractivity contribution is -0.122. The first-order chi connectivity index (χ1) is 16.5. The van der Waals surface area contributed by atoms with Crippen LogP contribution < -0.4 is 10.9 Å². The van der Waals surface area contributed by atoms with E-state index in [4.69, 9.17) is 17.0 Å². The minimum atomic E-state index is -0.247. The fourth-order valence-corrected chi connectivity index (χ4v) is 5.00. The normalized spacial score (nSPS) is 15.0. The number of thiocarbonyl (C=S) groups is 1. The number of methoxy groups -OCH3 is 1. The summed E-state index contributed by atoms with van der Waals surface area (Å²) in [5.74, 6) is 0.236. The van der Waals surface area contributed by atoms with Gasteiger partial charge in [-0.3, -0.25) is 18.9 Å². The van der Waals surface area contributed by atoms with Crippen LogP contribution in [0.2, 0.25) is 0 Å². The van der Waals surface area contributed by atoms with E-state index in [1.54, 1.807) is 30.3 Å². The molecule has 1 aliphatic rings. The van der Waals surface area contributed by atoms with Crippen LogP contribution in [0.3, 0.4) is 0 Å². The number of aromatic nitrogens is 2. The monoisotopic (exact) mass is 494 g/mol. The lowest BCUT2D eigenvalue weighted by Gasteiger charge is -2.14. The standard InChI is InChI=1S/C25H26N4O3S2/c1-17-10-11-21-27-22(26-12-14-32-2)19(23(30)29(21)16-17)15-20-24(31)28(25(33)34-20)13-6-9-18-7-4-3-5-8-18/h3-5,7-8,10-11,15-16,26H,6,9,12-14H2,1-2H3/b20-15+. The van der Waals surface area contributed by atoms with Crippen molar-refractivity contribution in [2.75, 3.05) is 32.1 Å². The van der Waals surface area contributed by atoms with Crippen LogP contribution in [0.4, 0.5) is 5.82 Å². The molecular formula is C25H26N4O3S2. The number of benzene rings is 1. The smallest absolute Gasteiger partial charge is 0.267 e. The van der Waals surface area contributed by atoms with E-state index in [1.165, 1.54) is 21.7 Å². The Hall–Kier alpha value is -3.01. The van der Waals surface area contributed by atoms with Gasteiger partial charge < -0.3 is 10.1 Å². The molecular weight excluding hydrogens is 468 g/mol. The van der Waals surface area contributed by atoms with Crippen molar-refractivity contribution in [2.24, 2.45) is 0 Å². The van der Waals surface area contributed by atoms with Crippen molar-refractivity contribution in [3.8, 4) is 0 Å². The Morgan fingerprint density at radius 1 is 1.18 bits per heavy atom. The number of aryl methyl sites for hydroxylation is 2. The second-order valence-corrected chi connectivity index (χ2v) is 9.63. The van der Waals surface area contributed by atoms with Crippen LogP contribution in [0.15, 0.2) is 58.4 Å². The third-order valence-corrected chi connectivity index (χ3v) is 6.82. The molecule has 1 fully saturated rings. The maximum Gasteiger partial charge on any atom is 0.267 e. The van der Waals surface area contributed by atoms with Gasteiger partial charge in [0.25, 0.3) is 11.5 Å². The van der Waals surface area contributed by atoms with Gasteiger partial charge in [-0.05, 0) is 43.0 Å². The molecule has 0 aliphatic carbocycles. The van der Waals surface area contributed by atoms with Crippen LogP contribution in [0.5, 0.6) is 0 Å². The largest absolute Gasteiger partial charge is 0.383 e. The quantitative estimate of drug-likeness (QED) is 0.275. The number of anilines is 1. The highest BCUT2D eigenvalue weighted by molar-refractivity contribution is 8.26. The minimum absolute atomic E-state index is 0.181. The minimum Gasteiger partial charge on any atom is -0.383 e. The first-order valence-corrected chi connectivity index (χ1v) is 12.3. The molecule has 7 nitrogen and oxygen atoms in total. The Labute approximate surface area is 207 Å². The molecule has 1 aromatic carbocycles. The second-order valence-electron chi connectivity index (χ2n) is 7.96. The van der Waals surface area contributed by atoms with Gasteiger partial charge in [0.15, 0.2) is 0 Å². The molecule has 0 radical (unpaired) electrons. The Balaban J connectivity index is 1.61. The molecule has 3 heterocycles. The topological polar surface area (TPSA) is 75.9 Å². The van der Waals surface area contributed by atoms with Gasteiger partial charge in [0.05, 0.1) is 17.1 Å². The number of fused-ring (bicyclic) bond motifs is 1. The number of nitrogens with zero attached hydrogens (tertiary/aromatic N) is 3. The Bertz CT molecular complexity index is 1300. The lowest BCUT2D eigenvalue weighted by Crippen LogP contribution is -2.29. The summed E-state index contributed by atoms with van der Waals surface area (Å²) in [4.78, 5) is 33.2. The molecule has 4 rings (SSSR count). The molecule has 2 aromatic heterocycles. The predicted molar refractivity (Wildman–Crippen MR) is 141 cm³/mol. The average molecular weight is 495 g/mol. The van der Waals surface area contributed by atoms with Gasteiger partial charge >= 0.3 is 0 Å². The van der Waals surface area contributed by atoms with E-state index in [0.717, 1.165) is 18.4 Å². The lowest BCUT2D eigenvalue weighted by atomic mass is 10.1. The number of amides is 1. The van der Waals surface area contributed by atoms with Crippen LogP contribution in [0.1, 0.15) is 23.1 Å². The summed E-state index contributed by atoms with van der Waals surface area (Å²) < 4.78 is 7.12. The first kappa shape index (κ1) is 24.1. The zero-order chi connectivity index (χ0) is 24.1. The number of hydrogen-bond donors (Lipinski definition) is 1. The van der Waals surface area contributed by atoms with E-state index >= 15 is 0 Å². The fraction of sp³-hybridized carbons (Fsp3) is 0.280. The van der Waals surface area contributed by atoms with Gasteiger partial charge in [-0.15, -0.1) is 0 Å². The zero-order valence-electron chi connectivity index (χ0n) is 19.1. The van der Waals surface area contributed by atoms with Gasteiger partial charge in [-0.2, -0.15) is 0 Å². The molecule has 1 amide bonds. The van der Waals surface area contributed by atoms with E-state index in [2.05, 4.69) is 22.4 Å². The van der Waals surface area contributed by atoms with Gasteiger partial charge in [-0.1, -0.05) is 60.4 Å². The molecule has 0 spiro atoms. The van der Waals surface area contributed by atoms with E-state index in [9.17, 15) is 9.59 Å². The van der Waals surface area contributed by atoms with Crippen LogP contribution >= 0.6 is 24.0 Å². The SMILES string of the molecule is COCCNc1nc2ccc(C)cn2c(=O)c1/C=C1/SC(=S)N(CCCc2ccccc2)C1=O. The molecule has 34 heavy (non-hydrogen) atoms. The summed E-state index contributed by atoms with van der Waals surface area (Å²) in [6.45, 7) is 3.38. The third-order valence-electron chi connectivity index (χ3n) is 5.44. The number of nitrogens with one attached hydrogen (secondary N) is 1. The van der Waals surface area contributed by atoms with Crippen molar-refractivity contribution in [3.05, 3.63) is 80.6 Å². The summed E-state index contributed by atoms with van der Waals surface area (Å²) in [7, 11) is 1.61. The number of rotatable bonds is 9. The van der Waals surface area contributed by atoms with Crippen LogP contribution in [0.25, 0.3) is 11.7 Å². The molecule has 0 bridgehead atoms. The molecule has 1 aliphatic heterocycles. The van der Waals surface area contributed by atoms with Crippen molar-refractivity contribution >= 4 is 51.7 Å². The van der Waals surface area contributed by atoms with E-state index in [-0.39, 0.29) is 11.5 Å². The van der Waals surface area contributed by atoms with Crippen molar-refractivity contribution in [1.82, 2.24) is 14.3 Å².